The lowest BCUT2D eigenvalue weighted by Crippen LogP contribution is -1.99. The highest BCUT2D eigenvalue weighted by molar-refractivity contribution is 6.18. The lowest BCUT2D eigenvalue weighted by Gasteiger charge is -2.02. The molecule has 0 saturated heterocycles. The molecular formula is C27H22N2O7. The van der Waals surface area contributed by atoms with Crippen LogP contribution in [-0.4, -0.2) is 50.8 Å². The van der Waals surface area contributed by atoms with Crippen LogP contribution in [0.1, 0.15) is 32.2 Å². The van der Waals surface area contributed by atoms with E-state index in [1.165, 1.54) is 13.3 Å². The molecule has 0 radical (unpaired) electrons. The summed E-state index contributed by atoms with van der Waals surface area (Å²) in [6.07, 6.45) is 7.04. The molecule has 0 fully saturated rings. The Labute approximate surface area is 204 Å². The van der Waals surface area contributed by atoms with Gasteiger partial charge in [0.05, 0.1) is 24.8 Å². The molecule has 182 valence electrons. The molecule has 0 unspecified atom stereocenters. The molecule has 0 saturated carbocycles. The number of carboxylic acid groups (broad SMARTS) is 1. The molecule has 9 nitrogen and oxygen atoms in total. The predicted molar refractivity (Wildman–Crippen MR) is 133 cm³/mol. The minimum atomic E-state index is -1.42. The van der Waals surface area contributed by atoms with E-state index >= 15 is 0 Å². The van der Waals surface area contributed by atoms with Crippen molar-refractivity contribution < 1.29 is 34.1 Å². The maximum Gasteiger partial charge on any atom is 0.372 e. The summed E-state index contributed by atoms with van der Waals surface area (Å²) < 4.78 is 10.8. The Morgan fingerprint density at radius 3 is 2.64 bits per heavy atom. The number of methoxy groups -OCH3 is 1. The molecule has 3 aromatic heterocycles. The smallest absolute Gasteiger partial charge is 0.372 e. The number of fused-ring (bicyclic) bond motifs is 2. The zero-order valence-corrected chi connectivity index (χ0v) is 19.2. The maximum atomic E-state index is 13.5. The first-order valence-electron chi connectivity index (χ1n) is 11.1. The van der Waals surface area contributed by atoms with Gasteiger partial charge in [0.25, 0.3) is 0 Å². The van der Waals surface area contributed by atoms with Crippen LogP contribution in [0.3, 0.4) is 0 Å². The molecule has 0 spiro atoms. The van der Waals surface area contributed by atoms with E-state index in [1.807, 2.05) is 12.1 Å². The number of aliphatic hydroxyl groups is 1. The molecule has 0 aliphatic heterocycles. The van der Waals surface area contributed by atoms with E-state index in [4.69, 9.17) is 14.3 Å². The Kier molecular flexibility index (Phi) is 5.83. The number of nitrogens with one attached hydrogen (secondary N) is 2. The number of benzene rings is 2. The first-order chi connectivity index (χ1) is 17.4. The van der Waals surface area contributed by atoms with Crippen molar-refractivity contribution in [1.29, 1.82) is 0 Å². The zero-order chi connectivity index (χ0) is 25.4. The number of aromatic carboxylic acids is 1. The molecule has 5 N–H and O–H groups in total. The van der Waals surface area contributed by atoms with Crippen molar-refractivity contribution in [2.45, 2.75) is 6.42 Å². The van der Waals surface area contributed by atoms with Crippen molar-refractivity contribution in [3.05, 3.63) is 83.6 Å². The molecule has 2 aromatic carbocycles. The number of hydrogen-bond donors (Lipinski definition) is 5. The van der Waals surface area contributed by atoms with E-state index in [-0.39, 0.29) is 17.7 Å². The fourth-order valence-corrected chi connectivity index (χ4v) is 4.39. The lowest BCUT2D eigenvalue weighted by atomic mass is 10.0. The number of carboxylic acids is 1. The van der Waals surface area contributed by atoms with Gasteiger partial charge in [-0.1, -0.05) is 30.4 Å². The number of rotatable bonds is 8. The van der Waals surface area contributed by atoms with Gasteiger partial charge in [-0.25, -0.2) is 4.79 Å². The average molecular weight is 486 g/mol. The fraction of sp³-hybridized carbons (Fsp3) is 0.111. The van der Waals surface area contributed by atoms with Crippen LogP contribution >= 0.6 is 0 Å². The summed E-state index contributed by atoms with van der Waals surface area (Å²) in [6, 6.07) is 10.7. The Morgan fingerprint density at radius 1 is 1.06 bits per heavy atom. The standard InChI is InChI=1S/C27H22N2O7/c1-35-15-8-9-20-17(11-15)18(12-28-20)21-24(32)26(36-25(21)27(33)34)23(31)19-13-29-22-14(5-2-3-10-30)6-4-7-16(19)22/h2-4,6-9,11-13,28-30,32H,5,10H2,1H3,(H,33,34)/b3-2-. The van der Waals surface area contributed by atoms with Crippen LogP contribution in [0.2, 0.25) is 0 Å². The van der Waals surface area contributed by atoms with Crippen molar-refractivity contribution in [3.8, 4) is 22.6 Å². The van der Waals surface area contributed by atoms with Gasteiger partial charge in [0.15, 0.2) is 5.75 Å². The van der Waals surface area contributed by atoms with E-state index in [9.17, 15) is 19.8 Å². The number of furan rings is 1. The third-order valence-corrected chi connectivity index (χ3v) is 6.10. The normalized spacial score (nSPS) is 11.6. The summed E-state index contributed by atoms with van der Waals surface area (Å²) in [6.45, 7) is -0.0698. The SMILES string of the molecule is COc1ccc2[nH]cc(-c3c(C(=O)O)oc(C(=O)c4c[nH]c5c(C/C=C\CO)cccc45)c3O)c2c1. The molecule has 3 heterocycles. The Hall–Kier alpha value is -4.76. The number of ether oxygens (including phenoxy) is 1. The molecular weight excluding hydrogens is 464 g/mol. The largest absolute Gasteiger partial charge is 0.504 e. The molecule has 5 rings (SSSR count). The first-order valence-corrected chi connectivity index (χ1v) is 11.1. The van der Waals surface area contributed by atoms with Gasteiger partial charge in [-0.2, -0.15) is 0 Å². The minimum absolute atomic E-state index is 0.0698. The number of carbonyl (C=O) groups is 2. The monoisotopic (exact) mass is 486 g/mol. The Morgan fingerprint density at radius 2 is 1.89 bits per heavy atom. The zero-order valence-electron chi connectivity index (χ0n) is 19.2. The number of aromatic hydroxyl groups is 1. The van der Waals surface area contributed by atoms with Crippen LogP contribution in [0.5, 0.6) is 11.5 Å². The van der Waals surface area contributed by atoms with Gasteiger partial charge in [0.1, 0.15) is 5.75 Å². The number of H-pyrrole nitrogens is 2. The quantitative estimate of drug-likeness (QED) is 0.158. The number of para-hydroxylation sites is 1. The third kappa shape index (κ3) is 3.71. The van der Waals surface area contributed by atoms with Gasteiger partial charge < -0.3 is 34.4 Å². The summed E-state index contributed by atoms with van der Waals surface area (Å²) >= 11 is 0. The number of carbonyl (C=O) groups excluding carboxylic acids is 1. The van der Waals surface area contributed by atoms with Gasteiger partial charge in [0, 0.05) is 39.8 Å². The van der Waals surface area contributed by atoms with E-state index in [0.717, 1.165) is 11.1 Å². The van der Waals surface area contributed by atoms with Gasteiger partial charge in [-0.15, -0.1) is 0 Å². The van der Waals surface area contributed by atoms with E-state index in [2.05, 4.69) is 9.97 Å². The third-order valence-electron chi connectivity index (χ3n) is 6.10. The highest BCUT2D eigenvalue weighted by atomic mass is 16.5. The second kappa shape index (κ2) is 9.12. The van der Waals surface area contributed by atoms with Crippen molar-refractivity contribution >= 4 is 33.6 Å². The van der Waals surface area contributed by atoms with Gasteiger partial charge in [0.2, 0.25) is 17.3 Å². The predicted octanol–water partition coefficient (Wildman–Crippen LogP) is 4.64. The number of aliphatic hydroxyl groups excluding tert-OH is 1. The molecule has 5 aromatic rings. The number of allylic oxidation sites excluding steroid dienone is 1. The van der Waals surface area contributed by atoms with Gasteiger partial charge in [-0.05, 0) is 30.2 Å². The molecule has 0 bridgehead atoms. The first kappa shape index (κ1) is 23.0. The highest BCUT2D eigenvalue weighted by Gasteiger charge is 2.32. The summed E-state index contributed by atoms with van der Waals surface area (Å²) in [7, 11) is 1.51. The molecule has 9 heteroatoms. The van der Waals surface area contributed by atoms with Crippen LogP contribution in [0.4, 0.5) is 0 Å². The average Bonchev–Trinajstić information content (AvgIpc) is 3.58. The van der Waals surface area contributed by atoms with Crippen molar-refractivity contribution in [3.63, 3.8) is 0 Å². The molecule has 0 atom stereocenters. The Balaban J connectivity index is 1.63. The van der Waals surface area contributed by atoms with E-state index in [0.29, 0.717) is 34.0 Å². The molecule has 0 amide bonds. The molecule has 0 aliphatic rings. The van der Waals surface area contributed by atoms with Gasteiger partial charge >= 0.3 is 5.97 Å². The van der Waals surface area contributed by atoms with E-state index < -0.39 is 29.0 Å². The summed E-state index contributed by atoms with van der Waals surface area (Å²) in [5, 5.41) is 31.1. The summed E-state index contributed by atoms with van der Waals surface area (Å²) in [5.41, 5.74) is 2.80. The minimum Gasteiger partial charge on any atom is -0.504 e. The van der Waals surface area contributed by atoms with Crippen LogP contribution in [0.15, 0.2) is 65.4 Å². The summed E-state index contributed by atoms with van der Waals surface area (Å²) in [4.78, 5) is 31.7. The number of aromatic nitrogens is 2. The fourth-order valence-electron chi connectivity index (χ4n) is 4.39. The van der Waals surface area contributed by atoms with Crippen LogP contribution in [0.25, 0.3) is 32.9 Å². The molecule has 0 aliphatic carbocycles. The van der Waals surface area contributed by atoms with Crippen LogP contribution < -0.4 is 4.74 Å². The number of ketones is 1. The van der Waals surface area contributed by atoms with Crippen molar-refractivity contribution in [1.82, 2.24) is 9.97 Å². The second-order valence-corrected chi connectivity index (χ2v) is 8.13. The highest BCUT2D eigenvalue weighted by Crippen LogP contribution is 2.43. The lowest BCUT2D eigenvalue weighted by molar-refractivity contribution is 0.0661. The maximum absolute atomic E-state index is 13.5. The molecule has 36 heavy (non-hydrogen) atoms. The topological polar surface area (TPSA) is 149 Å². The van der Waals surface area contributed by atoms with E-state index in [1.54, 1.807) is 42.6 Å². The van der Waals surface area contributed by atoms with Crippen LogP contribution in [-0.2, 0) is 6.42 Å². The van der Waals surface area contributed by atoms with Crippen molar-refractivity contribution in [2.75, 3.05) is 13.7 Å². The van der Waals surface area contributed by atoms with Gasteiger partial charge in [-0.3, -0.25) is 4.79 Å². The van der Waals surface area contributed by atoms with Crippen LogP contribution in [0, 0.1) is 0 Å². The Bertz CT molecular complexity index is 1650. The van der Waals surface area contributed by atoms with Crippen molar-refractivity contribution in [2.24, 2.45) is 0 Å². The second-order valence-electron chi connectivity index (χ2n) is 8.13. The number of aromatic amines is 2. The summed E-state index contributed by atoms with van der Waals surface area (Å²) in [5.74, 6) is -3.11. The number of hydrogen-bond acceptors (Lipinski definition) is 6.